The first-order chi connectivity index (χ1) is 27.6. The molecular weight excluding hydrogens is 745 g/mol. The Balaban J connectivity index is -0.000000318. The topological polar surface area (TPSA) is 371 Å². The molecule has 0 aliphatic heterocycles. The summed E-state index contributed by atoms with van der Waals surface area (Å²) in [5.74, 6) is 0.722. The zero-order valence-electron chi connectivity index (χ0n) is 36.5. The average Bonchev–Trinajstić information content (AvgIpc) is 3.70. The number of amides is 4. The predicted molar refractivity (Wildman–Crippen MR) is 232 cm³/mol. The monoisotopic (exact) mass is 831 g/mol. The van der Waals surface area contributed by atoms with Crippen LogP contribution in [0.25, 0.3) is 0 Å². The number of hydrogen-bond donors (Lipinski definition) is 14. The van der Waals surface area contributed by atoms with E-state index < -0.39 is 0 Å². The van der Waals surface area contributed by atoms with Crippen molar-refractivity contribution < 1.29 is 40.6 Å². The highest BCUT2D eigenvalue weighted by molar-refractivity contribution is 5.76. The Morgan fingerprint density at radius 1 is 0.534 bits per heavy atom. The van der Waals surface area contributed by atoms with E-state index in [9.17, 15) is 19.2 Å². The van der Waals surface area contributed by atoms with Crippen molar-refractivity contribution in [1.29, 1.82) is 5.41 Å². The number of nitrogen functional groups attached to an aromatic ring is 1. The number of aromatic nitrogens is 2. The first-order valence-corrected chi connectivity index (χ1v) is 20.7. The third-order valence-corrected chi connectivity index (χ3v) is 7.47. The largest absolute Gasteiger partial charge is 0.368 e. The summed E-state index contributed by atoms with van der Waals surface area (Å²) < 4.78 is 1.28. The van der Waals surface area contributed by atoms with E-state index in [2.05, 4.69) is 47.8 Å². The lowest BCUT2D eigenvalue weighted by Crippen LogP contribution is -2.78. The second-order valence-electron chi connectivity index (χ2n) is 13.4. The third kappa shape index (κ3) is 65.9. The Bertz CT molecular complexity index is 1110. The number of unbranched alkanes of at least 4 members (excludes halogenated alkanes) is 12. The fourth-order valence-corrected chi connectivity index (χ4v) is 4.45. The summed E-state index contributed by atoms with van der Waals surface area (Å²) in [6.07, 6.45) is 21.3. The Labute approximate surface area is 348 Å². The highest BCUT2D eigenvalue weighted by atomic mass is 16.2. The minimum Gasteiger partial charge on any atom is -0.368 e. The summed E-state index contributed by atoms with van der Waals surface area (Å²) in [6, 6.07) is 1.71. The van der Waals surface area contributed by atoms with E-state index in [-0.39, 0.29) is 41.5 Å². The standard InChI is InChI=1S/2C9H20N4O.2C8H18N2O.C4H6N4/c2*1-8(14)12-6-4-2-3-5-7-13-9(10)11;2*1-8(11)10-7-5-3-2-4-6-9;5-4(6)8-3-1-2-7-8/h2*2-7H2,1H3,(H,12,14)(H4,10,11,13);2*2-7,9H2,1H3,(H,10,11);1-3H,(H3,5,6)/p+4. The van der Waals surface area contributed by atoms with E-state index in [1.807, 2.05) is 0 Å². The Kier molecular flexibility index (Phi) is 49.6. The van der Waals surface area contributed by atoms with E-state index >= 15 is 0 Å². The van der Waals surface area contributed by atoms with Gasteiger partial charge in [-0.05, 0) is 70.3 Å². The molecule has 0 aliphatic rings. The fraction of sp³-hybridized carbons (Fsp3) is 0.737. The average molecular weight is 831 g/mol. The molecule has 0 fully saturated rings. The quantitative estimate of drug-likeness (QED) is 0.0241. The van der Waals surface area contributed by atoms with Crippen LogP contribution >= 0.6 is 0 Å². The van der Waals surface area contributed by atoms with Gasteiger partial charge in [0.15, 0.2) is 0 Å². The number of quaternary nitrogens is 2. The molecule has 0 aliphatic carbocycles. The maximum absolute atomic E-state index is 10.5. The van der Waals surface area contributed by atoms with Gasteiger partial charge in [-0.3, -0.25) is 57.5 Å². The molecule has 0 unspecified atom stereocenters. The van der Waals surface area contributed by atoms with Crippen LogP contribution in [0.2, 0.25) is 0 Å². The van der Waals surface area contributed by atoms with Gasteiger partial charge < -0.3 is 38.5 Å². The number of hydrogen-bond acceptors (Lipinski definition) is 6. The Morgan fingerprint density at radius 2 is 0.828 bits per heavy atom. The van der Waals surface area contributed by atoms with Crippen molar-refractivity contribution in [2.45, 2.75) is 130 Å². The third-order valence-electron chi connectivity index (χ3n) is 7.47. The molecule has 0 atom stereocenters. The summed E-state index contributed by atoms with van der Waals surface area (Å²) >= 11 is 0. The van der Waals surface area contributed by atoms with Gasteiger partial charge in [0.2, 0.25) is 29.6 Å². The lowest BCUT2D eigenvalue weighted by Gasteiger charge is -2.00. The van der Waals surface area contributed by atoms with Crippen LogP contribution in [0.15, 0.2) is 18.5 Å². The van der Waals surface area contributed by atoms with Crippen LogP contribution in [-0.2, 0) is 19.2 Å². The lowest BCUT2D eigenvalue weighted by atomic mass is 10.2. The van der Waals surface area contributed by atoms with E-state index in [4.69, 9.17) is 34.1 Å². The number of nitrogens with zero attached hydrogens (tertiary/aromatic N) is 2. The second kappa shape index (κ2) is 48.2. The molecule has 0 saturated heterocycles. The van der Waals surface area contributed by atoms with Gasteiger partial charge in [-0.25, -0.2) is 4.68 Å². The number of rotatable bonds is 26. The molecule has 0 bridgehead atoms. The molecule has 1 aromatic heterocycles. The van der Waals surface area contributed by atoms with Gasteiger partial charge in [-0.15, -0.1) is 0 Å². The molecule has 20 nitrogen and oxygen atoms in total. The van der Waals surface area contributed by atoms with Gasteiger partial charge in [-0.2, -0.15) is 5.10 Å². The molecule has 1 rings (SSSR count). The second-order valence-corrected chi connectivity index (χ2v) is 13.4. The molecule has 4 amide bonds. The van der Waals surface area contributed by atoms with E-state index in [0.717, 1.165) is 117 Å². The summed E-state index contributed by atoms with van der Waals surface area (Å²) in [5.41, 5.74) is 33.5. The normalized spacial score (nSPS) is 9.48. The van der Waals surface area contributed by atoms with Crippen molar-refractivity contribution in [2.24, 2.45) is 28.7 Å². The summed E-state index contributed by atoms with van der Waals surface area (Å²) in [5, 5.41) is 21.6. The van der Waals surface area contributed by atoms with Gasteiger partial charge in [0.25, 0.3) is 0 Å². The molecule has 1 heterocycles. The fourth-order valence-electron chi connectivity index (χ4n) is 4.45. The molecule has 20 heteroatoms. The zero-order chi connectivity index (χ0) is 44.7. The zero-order valence-corrected chi connectivity index (χ0v) is 36.5. The van der Waals surface area contributed by atoms with Crippen LogP contribution in [-0.4, -0.2) is 104 Å². The number of nitrogens with two attached hydrogens (primary N) is 5. The van der Waals surface area contributed by atoms with Crippen molar-refractivity contribution in [3.05, 3.63) is 18.5 Å². The molecule has 0 radical (unpaired) electrons. The maximum atomic E-state index is 10.5. The molecule has 0 aromatic carbocycles. The van der Waals surface area contributed by atoms with Gasteiger partial charge in [0, 0.05) is 66.3 Å². The van der Waals surface area contributed by atoms with E-state index in [0.29, 0.717) is 0 Å². The molecule has 0 spiro atoms. The Hall–Kier alpha value is -4.98. The number of guanidine groups is 2. The Morgan fingerprint density at radius 3 is 1.03 bits per heavy atom. The van der Waals surface area contributed by atoms with Gasteiger partial charge >= 0.3 is 11.9 Å². The van der Waals surface area contributed by atoms with Gasteiger partial charge in [-0.1, -0.05) is 38.5 Å². The minimum atomic E-state index is -0.0602. The highest BCUT2D eigenvalue weighted by Crippen LogP contribution is 1.98. The molecule has 338 valence electrons. The SMILES string of the molecule is CC(=O)NCCCCCC[NH+]=C(N)N.CC(=O)NCCCCCC[NH+]=C(N)N.CC(=O)NCCCCCC[NH3+].CC(=O)NCCCCCC[NH3+].N=C(N)n1cccn1. The predicted octanol–water partition coefficient (Wildman–Crippen LogP) is -4.45. The van der Waals surface area contributed by atoms with Crippen LogP contribution < -0.4 is 71.4 Å². The van der Waals surface area contributed by atoms with Crippen molar-refractivity contribution in [1.82, 2.24) is 31.0 Å². The minimum absolute atomic E-state index is 0.0390. The number of carbonyl (C=O) groups excluding carboxylic acids is 4. The van der Waals surface area contributed by atoms with Crippen LogP contribution in [0, 0.1) is 5.41 Å². The van der Waals surface area contributed by atoms with Crippen LogP contribution in [0.5, 0.6) is 0 Å². The van der Waals surface area contributed by atoms with Crippen LogP contribution in [0.4, 0.5) is 0 Å². The summed E-state index contributed by atoms with van der Waals surface area (Å²) in [4.78, 5) is 47.5. The highest BCUT2D eigenvalue weighted by Gasteiger charge is 1.95. The van der Waals surface area contributed by atoms with Crippen molar-refractivity contribution in [2.75, 3.05) is 52.4 Å². The molecular formula is C38H86N16O4+4. The maximum Gasteiger partial charge on any atom is 0.338 e. The molecule has 1 aromatic rings. The van der Waals surface area contributed by atoms with Crippen molar-refractivity contribution in [3.63, 3.8) is 0 Å². The first-order valence-electron chi connectivity index (χ1n) is 20.7. The van der Waals surface area contributed by atoms with Crippen molar-refractivity contribution in [3.8, 4) is 0 Å². The number of nitrogens with one attached hydrogen (secondary N) is 7. The van der Waals surface area contributed by atoms with Crippen molar-refractivity contribution >= 4 is 41.5 Å². The van der Waals surface area contributed by atoms with Gasteiger partial charge in [0.05, 0.1) is 26.2 Å². The smallest absolute Gasteiger partial charge is 0.338 e. The van der Waals surface area contributed by atoms with E-state index in [1.165, 1.54) is 57.1 Å². The van der Waals surface area contributed by atoms with Crippen LogP contribution in [0.3, 0.4) is 0 Å². The van der Waals surface area contributed by atoms with Crippen LogP contribution in [0.1, 0.15) is 130 Å². The number of carbonyl (C=O) groups is 4. The molecule has 58 heavy (non-hydrogen) atoms. The first kappa shape index (κ1) is 59.7. The van der Waals surface area contributed by atoms with E-state index in [1.54, 1.807) is 32.3 Å². The lowest BCUT2D eigenvalue weighted by molar-refractivity contribution is -0.460. The molecule has 23 N–H and O–H groups in total. The molecule has 0 saturated carbocycles. The summed E-state index contributed by atoms with van der Waals surface area (Å²) in [6.45, 7) is 13.1. The van der Waals surface area contributed by atoms with Gasteiger partial charge in [0.1, 0.15) is 0 Å². The summed E-state index contributed by atoms with van der Waals surface area (Å²) in [7, 11) is 0.